The number of hydrogen-bond donors (Lipinski definition) is 1. The normalized spacial score (nSPS) is 34.7. The van der Waals surface area contributed by atoms with Crippen LogP contribution in [-0.2, 0) is 0 Å². The Morgan fingerprint density at radius 1 is 1.19 bits per heavy atom. The Morgan fingerprint density at radius 3 is 2.50 bits per heavy atom. The molecule has 0 amide bonds. The van der Waals surface area contributed by atoms with Gasteiger partial charge in [-0.1, -0.05) is 12.8 Å². The van der Waals surface area contributed by atoms with Crippen molar-refractivity contribution in [3.8, 4) is 0 Å². The maximum absolute atomic E-state index is 9.21. The van der Waals surface area contributed by atoms with Crippen molar-refractivity contribution in [1.29, 1.82) is 0 Å². The minimum Gasteiger partial charge on any atom is -0.396 e. The summed E-state index contributed by atoms with van der Waals surface area (Å²) in [7, 11) is 2.20. The Morgan fingerprint density at radius 2 is 1.88 bits per heavy atom. The van der Waals surface area contributed by atoms with Gasteiger partial charge in [-0.3, -0.25) is 4.90 Å². The standard InChI is InChI=1S/C13H26N2O/c1-11-9-14(2)10-13(7-8-16)15(11)12-5-3-4-6-12/h11-13,16H,3-10H2,1-2H3. The van der Waals surface area contributed by atoms with E-state index in [0.717, 1.165) is 19.0 Å². The average Bonchev–Trinajstić information content (AvgIpc) is 2.70. The Hall–Kier alpha value is -0.120. The van der Waals surface area contributed by atoms with Crippen LogP contribution in [0.2, 0.25) is 0 Å². The monoisotopic (exact) mass is 226 g/mol. The van der Waals surface area contributed by atoms with E-state index in [1.165, 1.54) is 32.2 Å². The highest BCUT2D eigenvalue weighted by Crippen LogP contribution is 2.30. The lowest BCUT2D eigenvalue weighted by Gasteiger charge is -2.47. The number of aliphatic hydroxyl groups excluding tert-OH is 1. The molecule has 2 rings (SSSR count). The van der Waals surface area contributed by atoms with Gasteiger partial charge >= 0.3 is 0 Å². The van der Waals surface area contributed by atoms with Crippen LogP contribution in [0.1, 0.15) is 39.0 Å². The lowest BCUT2D eigenvalue weighted by molar-refractivity contribution is 0.000435. The van der Waals surface area contributed by atoms with Gasteiger partial charge in [-0.2, -0.15) is 0 Å². The fraction of sp³-hybridized carbons (Fsp3) is 1.00. The molecule has 0 aromatic carbocycles. The molecule has 1 aliphatic carbocycles. The smallest absolute Gasteiger partial charge is 0.0446 e. The van der Waals surface area contributed by atoms with E-state index in [9.17, 15) is 5.11 Å². The molecule has 1 N–H and O–H groups in total. The zero-order chi connectivity index (χ0) is 11.5. The quantitative estimate of drug-likeness (QED) is 0.786. The van der Waals surface area contributed by atoms with E-state index in [0.29, 0.717) is 18.7 Å². The van der Waals surface area contributed by atoms with E-state index >= 15 is 0 Å². The van der Waals surface area contributed by atoms with Crippen molar-refractivity contribution in [3.05, 3.63) is 0 Å². The van der Waals surface area contributed by atoms with Gasteiger partial charge in [-0.05, 0) is 33.2 Å². The number of rotatable bonds is 3. The Bertz CT molecular complexity index is 216. The predicted molar refractivity (Wildman–Crippen MR) is 66.5 cm³/mol. The van der Waals surface area contributed by atoms with Gasteiger partial charge in [0.2, 0.25) is 0 Å². The van der Waals surface area contributed by atoms with E-state index in [4.69, 9.17) is 0 Å². The van der Waals surface area contributed by atoms with E-state index < -0.39 is 0 Å². The summed E-state index contributed by atoms with van der Waals surface area (Å²) in [6.45, 7) is 4.98. The summed E-state index contributed by atoms with van der Waals surface area (Å²) in [4.78, 5) is 5.12. The third kappa shape index (κ3) is 2.58. The van der Waals surface area contributed by atoms with Crippen LogP contribution >= 0.6 is 0 Å². The number of aliphatic hydroxyl groups is 1. The number of nitrogens with zero attached hydrogens (tertiary/aromatic N) is 2. The van der Waals surface area contributed by atoms with E-state index in [1.807, 2.05) is 0 Å². The highest BCUT2D eigenvalue weighted by Gasteiger charge is 2.35. The van der Waals surface area contributed by atoms with Crippen LogP contribution < -0.4 is 0 Å². The van der Waals surface area contributed by atoms with Crippen LogP contribution in [0.25, 0.3) is 0 Å². The SMILES string of the molecule is CC1CN(C)CC(CCO)N1C1CCCC1. The van der Waals surface area contributed by atoms with Crippen molar-refractivity contribution in [2.75, 3.05) is 26.7 Å². The van der Waals surface area contributed by atoms with Crippen molar-refractivity contribution in [3.63, 3.8) is 0 Å². The fourth-order valence-corrected chi connectivity index (χ4v) is 3.68. The lowest BCUT2D eigenvalue weighted by Crippen LogP contribution is -2.59. The van der Waals surface area contributed by atoms with Crippen molar-refractivity contribution < 1.29 is 5.11 Å². The van der Waals surface area contributed by atoms with Crippen LogP contribution in [0.4, 0.5) is 0 Å². The molecule has 3 heteroatoms. The van der Waals surface area contributed by atoms with E-state index in [-0.39, 0.29) is 0 Å². The number of hydrogen-bond acceptors (Lipinski definition) is 3. The molecule has 16 heavy (non-hydrogen) atoms. The van der Waals surface area contributed by atoms with E-state index in [2.05, 4.69) is 23.8 Å². The van der Waals surface area contributed by atoms with Crippen LogP contribution in [0, 0.1) is 0 Å². The molecule has 0 radical (unpaired) electrons. The van der Waals surface area contributed by atoms with Crippen LogP contribution in [0.15, 0.2) is 0 Å². The Balaban J connectivity index is 2.03. The predicted octanol–water partition coefficient (Wildman–Crippen LogP) is 1.32. The molecule has 2 atom stereocenters. The van der Waals surface area contributed by atoms with Crippen molar-refractivity contribution >= 4 is 0 Å². The zero-order valence-electron chi connectivity index (χ0n) is 10.7. The van der Waals surface area contributed by atoms with Crippen molar-refractivity contribution in [2.24, 2.45) is 0 Å². The number of piperazine rings is 1. The van der Waals surface area contributed by atoms with Crippen molar-refractivity contribution in [1.82, 2.24) is 9.80 Å². The molecule has 1 aliphatic heterocycles. The molecular weight excluding hydrogens is 200 g/mol. The van der Waals surface area contributed by atoms with Gasteiger partial charge in [0.05, 0.1) is 0 Å². The average molecular weight is 226 g/mol. The molecule has 1 saturated heterocycles. The fourth-order valence-electron chi connectivity index (χ4n) is 3.68. The summed E-state index contributed by atoms with van der Waals surface area (Å²) >= 11 is 0. The topological polar surface area (TPSA) is 26.7 Å². The molecule has 0 bridgehead atoms. The first-order valence-electron chi connectivity index (χ1n) is 6.79. The maximum atomic E-state index is 9.21. The minimum absolute atomic E-state index is 0.328. The molecule has 2 aliphatic rings. The van der Waals surface area contributed by atoms with Gasteiger partial charge in [0.1, 0.15) is 0 Å². The van der Waals surface area contributed by atoms with Crippen LogP contribution in [0.5, 0.6) is 0 Å². The molecule has 0 aromatic heterocycles. The van der Waals surface area contributed by atoms with Gasteiger partial charge in [0, 0.05) is 37.8 Å². The lowest BCUT2D eigenvalue weighted by atomic mass is 10.0. The first-order chi connectivity index (χ1) is 7.72. The molecule has 1 saturated carbocycles. The molecule has 2 unspecified atom stereocenters. The van der Waals surface area contributed by atoms with Crippen LogP contribution in [-0.4, -0.2) is 59.8 Å². The molecule has 0 spiro atoms. The number of likely N-dealkylation sites (N-methyl/N-ethyl adjacent to an activating group) is 1. The summed E-state index contributed by atoms with van der Waals surface area (Å²) in [5.74, 6) is 0. The minimum atomic E-state index is 0.328. The first kappa shape index (κ1) is 12.3. The maximum Gasteiger partial charge on any atom is 0.0446 e. The van der Waals surface area contributed by atoms with Gasteiger partial charge in [-0.15, -0.1) is 0 Å². The third-order valence-corrected chi connectivity index (χ3v) is 4.24. The third-order valence-electron chi connectivity index (χ3n) is 4.24. The van der Waals surface area contributed by atoms with Crippen LogP contribution in [0.3, 0.4) is 0 Å². The van der Waals surface area contributed by atoms with Gasteiger partial charge in [0.15, 0.2) is 0 Å². The zero-order valence-corrected chi connectivity index (χ0v) is 10.7. The highest BCUT2D eigenvalue weighted by atomic mass is 16.3. The summed E-state index contributed by atoms with van der Waals surface area (Å²) in [6, 6.07) is 2.01. The first-order valence-corrected chi connectivity index (χ1v) is 6.79. The van der Waals surface area contributed by atoms with Gasteiger partial charge < -0.3 is 10.0 Å². The molecule has 3 nitrogen and oxygen atoms in total. The molecule has 0 aromatic rings. The summed E-state index contributed by atoms with van der Waals surface area (Å²) < 4.78 is 0. The Kier molecular flexibility index (Phi) is 4.22. The Labute approximate surface area is 99.4 Å². The summed E-state index contributed by atoms with van der Waals surface area (Å²) in [5.41, 5.74) is 0. The molecule has 2 fully saturated rings. The second-order valence-electron chi connectivity index (χ2n) is 5.62. The highest BCUT2D eigenvalue weighted by molar-refractivity contribution is 4.91. The summed E-state index contributed by atoms with van der Waals surface area (Å²) in [6.07, 6.45) is 6.47. The molecular formula is C13H26N2O. The van der Waals surface area contributed by atoms with Crippen molar-refractivity contribution in [2.45, 2.75) is 57.2 Å². The second-order valence-corrected chi connectivity index (χ2v) is 5.62. The van der Waals surface area contributed by atoms with Gasteiger partial charge in [0.25, 0.3) is 0 Å². The van der Waals surface area contributed by atoms with Gasteiger partial charge in [-0.25, -0.2) is 0 Å². The summed E-state index contributed by atoms with van der Waals surface area (Å²) in [5, 5.41) is 9.21. The molecule has 1 heterocycles. The molecule has 94 valence electrons. The van der Waals surface area contributed by atoms with E-state index in [1.54, 1.807) is 0 Å². The largest absolute Gasteiger partial charge is 0.396 e. The second kappa shape index (κ2) is 5.48.